The van der Waals surface area contributed by atoms with Crippen molar-refractivity contribution in [1.82, 2.24) is 9.55 Å². The van der Waals surface area contributed by atoms with E-state index in [0.29, 0.717) is 5.56 Å². The van der Waals surface area contributed by atoms with Crippen LogP contribution >= 0.6 is 0 Å². The van der Waals surface area contributed by atoms with Gasteiger partial charge in [0.25, 0.3) is 5.56 Å². The van der Waals surface area contributed by atoms with E-state index in [1.54, 1.807) is 30.3 Å². The average molecular weight is 336 g/mol. The van der Waals surface area contributed by atoms with E-state index in [4.69, 9.17) is 14.2 Å². The molecule has 126 valence electrons. The summed E-state index contributed by atoms with van der Waals surface area (Å²) in [5.41, 5.74) is -1.53. The topological polar surface area (TPSA) is 99.6 Å². The predicted octanol–water partition coefficient (Wildman–Crippen LogP) is 0.404. The molecule has 9 heteroatoms. The molecule has 0 spiro atoms. The minimum Gasteiger partial charge on any atom is -0.407 e. The van der Waals surface area contributed by atoms with E-state index in [9.17, 15) is 18.8 Å². The van der Waals surface area contributed by atoms with E-state index in [-0.39, 0.29) is 13.2 Å². The maximum absolute atomic E-state index is 13.3. The highest BCUT2D eigenvalue weighted by atomic mass is 19.1. The highest BCUT2D eigenvalue weighted by Crippen LogP contribution is 2.16. The third-order valence-electron chi connectivity index (χ3n) is 3.38. The van der Waals surface area contributed by atoms with Crippen LogP contribution < -0.4 is 11.2 Å². The zero-order valence-electron chi connectivity index (χ0n) is 12.3. The molecule has 0 radical (unpaired) electrons. The number of hydrogen-bond acceptors (Lipinski definition) is 6. The Labute approximate surface area is 134 Å². The van der Waals surface area contributed by atoms with Crippen molar-refractivity contribution in [2.45, 2.75) is 12.5 Å². The fourth-order valence-electron chi connectivity index (χ4n) is 2.17. The van der Waals surface area contributed by atoms with Crippen molar-refractivity contribution in [2.75, 3.05) is 13.2 Å². The molecule has 0 saturated carbocycles. The van der Waals surface area contributed by atoms with Crippen LogP contribution in [0.2, 0.25) is 0 Å². The summed E-state index contributed by atoms with van der Waals surface area (Å²) < 4.78 is 29.7. The summed E-state index contributed by atoms with van der Waals surface area (Å²) in [6, 6.07) is 7.64. The Balaban J connectivity index is 1.62. The minimum absolute atomic E-state index is 0.0574. The molecule has 0 amide bonds. The largest absolute Gasteiger partial charge is 0.407 e. The molecular formula is C15H13FN2O6. The van der Waals surface area contributed by atoms with Crippen molar-refractivity contribution >= 4 is 5.97 Å². The summed E-state index contributed by atoms with van der Waals surface area (Å²) in [6.45, 7) is -1.34. The molecule has 0 bridgehead atoms. The quantitative estimate of drug-likeness (QED) is 0.815. The first kappa shape index (κ1) is 16.1. The fourth-order valence-corrected chi connectivity index (χ4v) is 2.17. The molecule has 1 aromatic carbocycles. The van der Waals surface area contributed by atoms with Gasteiger partial charge in [-0.3, -0.25) is 14.3 Å². The van der Waals surface area contributed by atoms with Crippen molar-refractivity contribution in [3.63, 3.8) is 0 Å². The fraction of sp³-hybridized carbons (Fsp3) is 0.267. The Morgan fingerprint density at radius 2 is 1.88 bits per heavy atom. The molecule has 1 aliphatic heterocycles. The van der Waals surface area contributed by atoms with Crippen LogP contribution in [0.15, 0.2) is 46.1 Å². The number of esters is 1. The van der Waals surface area contributed by atoms with Crippen LogP contribution in [0, 0.1) is 5.82 Å². The molecule has 1 N–H and O–H groups in total. The zero-order chi connectivity index (χ0) is 17.1. The van der Waals surface area contributed by atoms with Gasteiger partial charge in [-0.25, -0.2) is 9.59 Å². The predicted molar refractivity (Wildman–Crippen MR) is 77.9 cm³/mol. The third-order valence-corrected chi connectivity index (χ3v) is 3.38. The third kappa shape index (κ3) is 3.42. The SMILES string of the molecule is O=C(OC1OCC(n2cc(F)c(=O)[nH]c2=O)CO1)c1ccccc1. The number of rotatable bonds is 3. The number of nitrogens with zero attached hydrogens (tertiary/aromatic N) is 1. The Morgan fingerprint density at radius 1 is 1.21 bits per heavy atom. The summed E-state index contributed by atoms with van der Waals surface area (Å²) in [7, 11) is 0. The van der Waals surface area contributed by atoms with Gasteiger partial charge in [0, 0.05) is 0 Å². The number of ether oxygens (including phenoxy) is 3. The average Bonchev–Trinajstić information content (AvgIpc) is 2.60. The van der Waals surface area contributed by atoms with Crippen LogP contribution in [-0.4, -0.2) is 35.2 Å². The minimum atomic E-state index is -1.22. The van der Waals surface area contributed by atoms with Crippen LogP contribution in [0.1, 0.15) is 16.4 Å². The number of H-pyrrole nitrogens is 1. The highest BCUT2D eigenvalue weighted by molar-refractivity contribution is 5.89. The second-order valence-corrected chi connectivity index (χ2v) is 5.02. The van der Waals surface area contributed by atoms with Crippen molar-refractivity contribution < 1.29 is 23.4 Å². The lowest BCUT2D eigenvalue weighted by molar-refractivity contribution is -0.296. The number of hydrogen-bond donors (Lipinski definition) is 1. The summed E-state index contributed by atoms with van der Waals surface area (Å²) in [5.74, 6) is -1.71. The monoisotopic (exact) mass is 336 g/mol. The molecule has 0 aliphatic carbocycles. The molecule has 0 unspecified atom stereocenters. The van der Waals surface area contributed by atoms with Gasteiger partial charge >= 0.3 is 18.1 Å². The summed E-state index contributed by atoms with van der Waals surface area (Å²) in [6.07, 6.45) is 0.787. The van der Waals surface area contributed by atoms with Gasteiger partial charge in [0.2, 0.25) is 5.82 Å². The van der Waals surface area contributed by atoms with E-state index in [0.717, 1.165) is 10.8 Å². The van der Waals surface area contributed by atoms with Crippen molar-refractivity contribution in [2.24, 2.45) is 0 Å². The van der Waals surface area contributed by atoms with Gasteiger partial charge in [0.05, 0.1) is 31.0 Å². The van der Waals surface area contributed by atoms with Crippen LogP contribution in [-0.2, 0) is 14.2 Å². The van der Waals surface area contributed by atoms with Gasteiger partial charge in [-0.05, 0) is 12.1 Å². The lowest BCUT2D eigenvalue weighted by atomic mass is 10.2. The molecule has 1 aliphatic rings. The number of benzene rings is 1. The van der Waals surface area contributed by atoms with Gasteiger partial charge in [-0.15, -0.1) is 0 Å². The van der Waals surface area contributed by atoms with E-state index in [1.165, 1.54) is 0 Å². The number of aromatic nitrogens is 2. The summed E-state index contributed by atoms with van der Waals surface area (Å²) in [5, 5.41) is 0. The first-order chi connectivity index (χ1) is 11.5. The molecule has 2 aromatic rings. The van der Waals surface area contributed by atoms with E-state index < -0.39 is 35.6 Å². The molecule has 3 rings (SSSR count). The van der Waals surface area contributed by atoms with E-state index in [1.807, 2.05) is 4.98 Å². The van der Waals surface area contributed by atoms with Crippen LogP contribution in [0.4, 0.5) is 4.39 Å². The first-order valence-corrected chi connectivity index (χ1v) is 7.05. The maximum Gasteiger partial charge on any atom is 0.342 e. The molecule has 1 saturated heterocycles. The van der Waals surface area contributed by atoms with Gasteiger partial charge in [-0.1, -0.05) is 18.2 Å². The number of carbonyl (C=O) groups is 1. The highest BCUT2D eigenvalue weighted by Gasteiger charge is 2.27. The van der Waals surface area contributed by atoms with Gasteiger partial charge in [0.15, 0.2) is 0 Å². The van der Waals surface area contributed by atoms with E-state index in [2.05, 4.69) is 0 Å². The Kier molecular flexibility index (Phi) is 4.54. The first-order valence-electron chi connectivity index (χ1n) is 7.05. The van der Waals surface area contributed by atoms with E-state index >= 15 is 0 Å². The molecule has 1 aromatic heterocycles. The lowest BCUT2D eigenvalue weighted by Gasteiger charge is -2.29. The Morgan fingerprint density at radius 3 is 2.54 bits per heavy atom. The summed E-state index contributed by atoms with van der Waals surface area (Å²) in [4.78, 5) is 36.4. The molecule has 24 heavy (non-hydrogen) atoms. The van der Waals surface area contributed by atoms with Crippen LogP contribution in [0.25, 0.3) is 0 Å². The molecule has 8 nitrogen and oxygen atoms in total. The van der Waals surface area contributed by atoms with Crippen LogP contribution in [0.3, 0.4) is 0 Å². The van der Waals surface area contributed by atoms with Crippen molar-refractivity contribution in [1.29, 1.82) is 0 Å². The molecular weight excluding hydrogens is 323 g/mol. The van der Waals surface area contributed by atoms with Crippen LogP contribution in [0.5, 0.6) is 0 Å². The Bertz CT molecular complexity index is 839. The number of carbonyl (C=O) groups excluding carboxylic acids is 1. The summed E-state index contributed by atoms with van der Waals surface area (Å²) >= 11 is 0. The number of halogens is 1. The van der Waals surface area contributed by atoms with Gasteiger partial charge in [-0.2, -0.15) is 4.39 Å². The molecule has 1 fully saturated rings. The molecule has 2 heterocycles. The van der Waals surface area contributed by atoms with Crippen molar-refractivity contribution in [3.8, 4) is 0 Å². The lowest BCUT2D eigenvalue weighted by Crippen LogP contribution is -2.42. The molecule has 0 atom stereocenters. The number of nitrogens with one attached hydrogen (secondary N) is 1. The normalized spacial score (nSPS) is 20.5. The number of aromatic amines is 1. The second-order valence-electron chi connectivity index (χ2n) is 5.02. The standard InChI is InChI=1S/C15H13FN2O6/c16-11-6-18(14(21)17-12(11)19)10-7-22-15(23-8-10)24-13(20)9-4-2-1-3-5-9/h1-6,10,15H,7-8H2,(H,17,19,21). The van der Waals surface area contributed by atoms with Gasteiger partial charge < -0.3 is 14.2 Å². The zero-order valence-corrected chi connectivity index (χ0v) is 12.3. The smallest absolute Gasteiger partial charge is 0.342 e. The van der Waals surface area contributed by atoms with Gasteiger partial charge in [0.1, 0.15) is 0 Å². The Hall–Kier alpha value is -2.78. The maximum atomic E-state index is 13.3. The second kappa shape index (κ2) is 6.77. The van der Waals surface area contributed by atoms with Crippen molar-refractivity contribution in [3.05, 3.63) is 68.7 Å².